The normalized spacial score (nSPS) is 10.6. The average Bonchev–Trinajstić information content (AvgIpc) is 2.56. The van der Waals surface area contributed by atoms with Crippen LogP contribution >= 0.6 is 0 Å². The molecule has 84 valence electrons. The molecular weight excluding hydrogens is 200 g/mol. The van der Waals surface area contributed by atoms with Gasteiger partial charge in [-0.3, -0.25) is 9.67 Å². The first kappa shape index (κ1) is 10.7. The molecule has 0 aliphatic carbocycles. The van der Waals surface area contributed by atoms with E-state index in [1.54, 1.807) is 6.20 Å². The molecule has 0 bridgehead atoms. The number of aryl methyl sites for hydroxylation is 3. The van der Waals surface area contributed by atoms with Gasteiger partial charge in [-0.05, 0) is 31.9 Å². The molecule has 16 heavy (non-hydrogen) atoms. The van der Waals surface area contributed by atoms with Crippen LogP contribution in [0.5, 0.6) is 0 Å². The predicted molar refractivity (Wildman–Crippen MR) is 64.1 cm³/mol. The molecule has 0 fully saturated rings. The largest absolute Gasteiger partial charge is 0.396 e. The number of pyridine rings is 1. The standard InChI is InChI=1S/C12H16N4/c1-9-12(13)10(2)16(15-9)7-5-11-4-3-6-14-8-11/h3-4,6,8H,5,7,13H2,1-2H3. The van der Waals surface area contributed by atoms with E-state index in [1.807, 2.05) is 30.8 Å². The third kappa shape index (κ3) is 2.05. The highest BCUT2D eigenvalue weighted by Crippen LogP contribution is 2.15. The molecule has 0 saturated carbocycles. The average molecular weight is 216 g/mol. The summed E-state index contributed by atoms with van der Waals surface area (Å²) in [6, 6.07) is 4.02. The van der Waals surface area contributed by atoms with Crippen LogP contribution in [0.4, 0.5) is 5.69 Å². The van der Waals surface area contributed by atoms with Crippen molar-refractivity contribution < 1.29 is 0 Å². The van der Waals surface area contributed by atoms with Crippen LogP contribution in [0.1, 0.15) is 17.0 Å². The number of nitrogen functional groups attached to an aromatic ring is 1. The van der Waals surface area contributed by atoms with Crippen molar-refractivity contribution in [1.82, 2.24) is 14.8 Å². The van der Waals surface area contributed by atoms with Gasteiger partial charge >= 0.3 is 0 Å². The smallest absolute Gasteiger partial charge is 0.0825 e. The maximum absolute atomic E-state index is 5.88. The van der Waals surface area contributed by atoms with Crippen molar-refractivity contribution in [2.45, 2.75) is 26.8 Å². The summed E-state index contributed by atoms with van der Waals surface area (Å²) in [4.78, 5) is 4.09. The first-order valence-electron chi connectivity index (χ1n) is 5.37. The van der Waals surface area contributed by atoms with Crippen molar-refractivity contribution in [2.75, 3.05) is 5.73 Å². The summed E-state index contributed by atoms with van der Waals surface area (Å²) in [6.45, 7) is 4.77. The van der Waals surface area contributed by atoms with Gasteiger partial charge in [-0.1, -0.05) is 6.07 Å². The second-order valence-corrected chi connectivity index (χ2v) is 3.92. The van der Waals surface area contributed by atoms with Crippen molar-refractivity contribution in [3.8, 4) is 0 Å². The van der Waals surface area contributed by atoms with Gasteiger partial charge in [0.1, 0.15) is 0 Å². The Morgan fingerprint density at radius 3 is 2.75 bits per heavy atom. The van der Waals surface area contributed by atoms with Gasteiger partial charge in [0.15, 0.2) is 0 Å². The molecule has 0 atom stereocenters. The van der Waals surface area contributed by atoms with Crippen molar-refractivity contribution in [1.29, 1.82) is 0 Å². The van der Waals surface area contributed by atoms with Crippen molar-refractivity contribution in [3.05, 3.63) is 41.5 Å². The van der Waals surface area contributed by atoms with Gasteiger partial charge in [0.25, 0.3) is 0 Å². The van der Waals surface area contributed by atoms with E-state index in [4.69, 9.17) is 5.73 Å². The van der Waals surface area contributed by atoms with Gasteiger partial charge in [0.2, 0.25) is 0 Å². The lowest BCUT2D eigenvalue weighted by Gasteiger charge is -2.04. The van der Waals surface area contributed by atoms with Crippen molar-refractivity contribution in [3.63, 3.8) is 0 Å². The lowest BCUT2D eigenvalue weighted by molar-refractivity contribution is 0.594. The summed E-state index contributed by atoms with van der Waals surface area (Å²) in [5.41, 5.74) is 9.84. The van der Waals surface area contributed by atoms with Gasteiger partial charge < -0.3 is 5.73 Å². The van der Waals surface area contributed by atoms with Crippen LogP contribution in [0, 0.1) is 13.8 Å². The Bertz CT molecular complexity index is 473. The van der Waals surface area contributed by atoms with E-state index >= 15 is 0 Å². The number of anilines is 1. The van der Waals surface area contributed by atoms with Gasteiger partial charge in [0.05, 0.1) is 17.1 Å². The minimum absolute atomic E-state index is 0.797. The van der Waals surface area contributed by atoms with Crippen LogP contribution in [-0.2, 0) is 13.0 Å². The maximum atomic E-state index is 5.88. The number of hydrogen-bond acceptors (Lipinski definition) is 3. The Morgan fingerprint density at radius 1 is 1.38 bits per heavy atom. The Labute approximate surface area is 95.1 Å². The third-order valence-corrected chi connectivity index (χ3v) is 2.77. The molecule has 2 aromatic rings. The van der Waals surface area contributed by atoms with Crippen LogP contribution in [0.25, 0.3) is 0 Å². The lowest BCUT2D eigenvalue weighted by atomic mass is 10.2. The summed E-state index contributed by atoms with van der Waals surface area (Å²) in [7, 11) is 0. The molecular formula is C12H16N4. The fourth-order valence-corrected chi connectivity index (χ4v) is 1.71. The summed E-state index contributed by atoms with van der Waals surface area (Å²) >= 11 is 0. The summed E-state index contributed by atoms with van der Waals surface area (Å²) in [6.07, 6.45) is 4.59. The molecule has 0 aliphatic rings. The first-order valence-corrected chi connectivity index (χ1v) is 5.37. The second kappa shape index (κ2) is 4.35. The Balaban J connectivity index is 2.08. The van der Waals surface area contributed by atoms with E-state index in [2.05, 4.69) is 16.1 Å². The number of rotatable bonds is 3. The zero-order chi connectivity index (χ0) is 11.5. The number of nitrogens with two attached hydrogens (primary N) is 1. The maximum Gasteiger partial charge on any atom is 0.0825 e. The third-order valence-electron chi connectivity index (χ3n) is 2.77. The minimum Gasteiger partial charge on any atom is -0.396 e. The Morgan fingerprint density at radius 2 is 2.19 bits per heavy atom. The predicted octanol–water partition coefficient (Wildman–Crippen LogP) is 1.72. The second-order valence-electron chi connectivity index (χ2n) is 3.92. The van der Waals surface area contributed by atoms with E-state index in [-0.39, 0.29) is 0 Å². The van der Waals surface area contributed by atoms with Gasteiger partial charge in [-0.2, -0.15) is 5.10 Å². The topological polar surface area (TPSA) is 56.7 Å². The van der Waals surface area contributed by atoms with E-state index in [0.29, 0.717) is 0 Å². The van der Waals surface area contributed by atoms with E-state index in [1.165, 1.54) is 5.56 Å². The van der Waals surface area contributed by atoms with Gasteiger partial charge in [0, 0.05) is 18.9 Å². The molecule has 0 aliphatic heterocycles. The molecule has 0 amide bonds. The van der Waals surface area contributed by atoms with Crippen molar-refractivity contribution >= 4 is 5.69 Å². The molecule has 0 aromatic carbocycles. The van der Waals surface area contributed by atoms with Gasteiger partial charge in [-0.25, -0.2) is 0 Å². The van der Waals surface area contributed by atoms with Crippen LogP contribution < -0.4 is 5.73 Å². The number of aromatic nitrogens is 3. The zero-order valence-corrected chi connectivity index (χ0v) is 9.64. The molecule has 2 rings (SSSR count). The molecule has 0 spiro atoms. The van der Waals surface area contributed by atoms with E-state index in [0.717, 1.165) is 30.0 Å². The molecule has 4 heteroatoms. The zero-order valence-electron chi connectivity index (χ0n) is 9.64. The highest BCUT2D eigenvalue weighted by atomic mass is 15.3. The highest BCUT2D eigenvalue weighted by Gasteiger charge is 2.07. The first-order chi connectivity index (χ1) is 7.68. The molecule has 0 radical (unpaired) electrons. The minimum atomic E-state index is 0.797. The van der Waals surface area contributed by atoms with Gasteiger partial charge in [-0.15, -0.1) is 0 Å². The molecule has 4 nitrogen and oxygen atoms in total. The quantitative estimate of drug-likeness (QED) is 0.850. The summed E-state index contributed by atoms with van der Waals surface area (Å²) < 4.78 is 1.96. The number of nitrogens with zero attached hydrogens (tertiary/aromatic N) is 3. The van der Waals surface area contributed by atoms with Crippen LogP contribution in [0.3, 0.4) is 0 Å². The van der Waals surface area contributed by atoms with Crippen LogP contribution in [0.15, 0.2) is 24.5 Å². The lowest BCUT2D eigenvalue weighted by Crippen LogP contribution is -2.05. The number of hydrogen-bond donors (Lipinski definition) is 1. The molecule has 2 N–H and O–H groups in total. The molecule has 0 unspecified atom stereocenters. The Kier molecular flexibility index (Phi) is 2.90. The fourth-order valence-electron chi connectivity index (χ4n) is 1.71. The van der Waals surface area contributed by atoms with E-state index in [9.17, 15) is 0 Å². The van der Waals surface area contributed by atoms with Crippen LogP contribution in [-0.4, -0.2) is 14.8 Å². The summed E-state index contributed by atoms with van der Waals surface area (Å²) in [5, 5.41) is 4.40. The molecule has 0 saturated heterocycles. The SMILES string of the molecule is Cc1nn(CCc2cccnc2)c(C)c1N. The van der Waals surface area contributed by atoms with E-state index < -0.39 is 0 Å². The molecule has 2 heterocycles. The van der Waals surface area contributed by atoms with Crippen LogP contribution in [0.2, 0.25) is 0 Å². The van der Waals surface area contributed by atoms with Crippen molar-refractivity contribution in [2.24, 2.45) is 0 Å². The highest BCUT2D eigenvalue weighted by molar-refractivity contribution is 5.46. The monoisotopic (exact) mass is 216 g/mol. The Hall–Kier alpha value is -1.84. The molecule has 2 aromatic heterocycles. The fraction of sp³-hybridized carbons (Fsp3) is 0.333. The summed E-state index contributed by atoms with van der Waals surface area (Å²) in [5.74, 6) is 0.